The second-order valence-electron chi connectivity index (χ2n) is 5.97. The highest BCUT2D eigenvalue weighted by atomic mass is 32.2. The maximum absolute atomic E-state index is 11.3. The highest BCUT2D eigenvalue weighted by molar-refractivity contribution is 7.90. The second-order valence-corrected chi connectivity index (χ2v) is 8.23. The lowest BCUT2D eigenvalue weighted by Gasteiger charge is -2.46. The van der Waals surface area contributed by atoms with Crippen LogP contribution in [0.25, 0.3) is 0 Å². The molecule has 0 bridgehead atoms. The van der Waals surface area contributed by atoms with Gasteiger partial charge in [0.25, 0.3) is 0 Å². The number of sulfone groups is 1. The maximum atomic E-state index is 11.3. The van der Waals surface area contributed by atoms with E-state index in [0.29, 0.717) is 6.42 Å². The van der Waals surface area contributed by atoms with E-state index in [4.69, 9.17) is 5.84 Å². The van der Waals surface area contributed by atoms with E-state index in [2.05, 4.69) is 24.2 Å². The zero-order valence-electron chi connectivity index (χ0n) is 13.2. The molecular weight excluding hydrogens is 274 g/mol. The largest absolute Gasteiger partial charge is 0.297 e. The molecule has 1 aliphatic rings. The van der Waals surface area contributed by atoms with Gasteiger partial charge in [-0.15, -0.1) is 0 Å². The minimum atomic E-state index is -2.88. The summed E-state index contributed by atoms with van der Waals surface area (Å²) in [6.07, 6.45) is 7.58. The fourth-order valence-corrected chi connectivity index (χ4v) is 4.47. The SMILES string of the molecule is CCN(CC)C1(C(CCCS(C)(=O)=O)NN)CCCC1. The molecule has 20 heavy (non-hydrogen) atoms. The Morgan fingerprint density at radius 2 is 1.80 bits per heavy atom. The number of nitrogens with two attached hydrogens (primary N) is 1. The fourth-order valence-electron chi connectivity index (χ4n) is 3.78. The predicted molar refractivity (Wildman–Crippen MR) is 84.2 cm³/mol. The standard InChI is InChI=1S/C14H31N3O2S/c1-4-17(5-2)14(10-6-7-11-14)13(16-15)9-8-12-20(3,18)19/h13,16H,4-12,15H2,1-3H3. The molecular formula is C14H31N3O2S. The number of likely N-dealkylation sites (N-methyl/N-ethyl adjacent to an activating group) is 1. The van der Waals surface area contributed by atoms with Crippen LogP contribution in [0, 0.1) is 0 Å². The van der Waals surface area contributed by atoms with Gasteiger partial charge in [-0.2, -0.15) is 0 Å². The Morgan fingerprint density at radius 1 is 1.25 bits per heavy atom. The molecule has 1 fully saturated rings. The minimum Gasteiger partial charge on any atom is -0.297 e. The van der Waals surface area contributed by atoms with Crippen molar-refractivity contribution in [1.29, 1.82) is 0 Å². The molecule has 0 aromatic heterocycles. The topological polar surface area (TPSA) is 75.4 Å². The third kappa shape index (κ3) is 4.41. The van der Waals surface area contributed by atoms with Gasteiger partial charge in [0, 0.05) is 23.6 Å². The van der Waals surface area contributed by atoms with Crippen molar-refractivity contribution in [3.63, 3.8) is 0 Å². The van der Waals surface area contributed by atoms with E-state index in [1.54, 1.807) is 0 Å². The van der Waals surface area contributed by atoms with Crippen LogP contribution in [-0.2, 0) is 9.84 Å². The summed E-state index contributed by atoms with van der Waals surface area (Å²) in [5.41, 5.74) is 3.09. The molecule has 1 saturated carbocycles. The maximum Gasteiger partial charge on any atom is 0.147 e. The lowest BCUT2D eigenvalue weighted by Crippen LogP contribution is -2.61. The first-order valence-corrected chi connectivity index (χ1v) is 9.84. The van der Waals surface area contributed by atoms with Crippen molar-refractivity contribution in [3.05, 3.63) is 0 Å². The number of hydrogen-bond donors (Lipinski definition) is 2. The van der Waals surface area contributed by atoms with Crippen molar-refractivity contribution >= 4 is 9.84 Å². The van der Waals surface area contributed by atoms with Crippen LogP contribution < -0.4 is 11.3 Å². The molecule has 1 aliphatic carbocycles. The van der Waals surface area contributed by atoms with Gasteiger partial charge in [0.1, 0.15) is 9.84 Å². The predicted octanol–water partition coefficient (Wildman–Crippen LogP) is 1.30. The summed E-state index contributed by atoms with van der Waals surface area (Å²) < 4.78 is 22.6. The van der Waals surface area contributed by atoms with Crippen LogP contribution >= 0.6 is 0 Å². The molecule has 0 amide bonds. The molecule has 0 spiro atoms. The van der Waals surface area contributed by atoms with Gasteiger partial charge < -0.3 is 0 Å². The van der Waals surface area contributed by atoms with Gasteiger partial charge in [0.2, 0.25) is 0 Å². The van der Waals surface area contributed by atoms with Gasteiger partial charge in [-0.05, 0) is 38.8 Å². The summed E-state index contributed by atoms with van der Waals surface area (Å²) in [6, 6.07) is 0.173. The average molecular weight is 305 g/mol. The summed E-state index contributed by atoms with van der Waals surface area (Å²) in [6.45, 7) is 6.41. The molecule has 5 nitrogen and oxygen atoms in total. The van der Waals surface area contributed by atoms with Crippen LogP contribution in [-0.4, -0.2) is 50.0 Å². The Hall–Kier alpha value is -0.170. The Labute approximate surface area is 124 Å². The van der Waals surface area contributed by atoms with Crippen LogP contribution in [0.3, 0.4) is 0 Å². The molecule has 0 saturated heterocycles. The lowest BCUT2D eigenvalue weighted by atomic mass is 9.83. The molecule has 0 heterocycles. The van der Waals surface area contributed by atoms with Gasteiger partial charge in [0.05, 0.1) is 0 Å². The second kappa shape index (κ2) is 7.73. The van der Waals surface area contributed by atoms with Crippen molar-refractivity contribution in [2.75, 3.05) is 25.1 Å². The third-order valence-corrected chi connectivity index (χ3v) is 5.75. The molecule has 1 rings (SSSR count). The first-order chi connectivity index (χ1) is 9.39. The zero-order valence-corrected chi connectivity index (χ0v) is 14.0. The van der Waals surface area contributed by atoms with Crippen LogP contribution in [0.1, 0.15) is 52.4 Å². The summed E-state index contributed by atoms with van der Waals surface area (Å²) in [4.78, 5) is 2.50. The molecule has 1 unspecified atom stereocenters. The van der Waals surface area contributed by atoms with E-state index in [1.165, 1.54) is 19.1 Å². The molecule has 0 aromatic carbocycles. The number of nitrogens with one attached hydrogen (secondary N) is 1. The number of rotatable bonds is 9. The highest BCUT2D eigenvalue weighted by Gasteiger charge is 2.44. The van der Waals surface area contributed by atoms with Crippen molar-refractivity contribution in [1.82, 2.24) is 10.3 Å². The quantitative estimate of drug-likeness (QED) is 0.496. The smallest absolute Gasteiger partial charge is 0.147 e. The van der Waals surface area contributed by atoms with E-state index in [9.17, 15) is 8.42 Å². The van der Waals surface area contributed by atoms with E-state index in [-0.39, 0.29) is 17.3 Å². The Kier molecular flexibility index (Phi) is 6.91. The summed E-state index contributed by atoms with van der Waals surface area (Å²) in [7, 11) is -2.88. The van der Waals surface area contributed by atoms with Gasteiger partial charge in [-0.1, -0.05) is 26.7 Å². The van der Waals surface area contributed by atoms with Gasteiger partial charge >= 0.3 is 0 Å². The van der Waals surface area contributed by atoms with Crippen molar-refractivity contribution in [2.45, 2.75) is 64.0 Å². The van der Waals surface area contributed by atoms with Gasteiger partial charge in [0.15, 0.2) is 0 Å². The molecule has 0 aliphatic heterocycles. The molecule has 0 aromatic rings. The van der Waals surface area contributed by atoms with Crippen molar-refractivity contribution < 1.29 is 8.42 Å². The van der Waals surface area contributed by atoms with Crippen LogP contribution in [0.2, 0.25) is 0 Å². The normalized spacial score (nSPS) is 20.4. The van der Waals surface area contributed by atoms with Gasteiger partial charge in [-0.3, -0.25) is 16.2 Å². The third-order valence-electron chi connectivity index (χ3n) is 4.72. The first kappa shape index (κ1) is 17.9. The highest BCUT2D eigenvalue weighted by Crippen LogP contribution is 2.39. The van der Waals surface area contributed by atoms with E-state index in [0.717, 1.165) is 32.4 Å². The van der Waals surface area contributed by atoms with Crippen molar-refractivity contribution in [3.8, 4) is 0 Å². The Balaban J connectivity index is 2.76. The van der Waals surface area contributed by atoms with E-state index in [1.807, 2.05) is 0 Å². The zero-order chi connectivity index (χ0) is 15.2. The first-order valence-electron chi connectivity index (χ1n) is 7.78. The van der Waals surface area contributed by atoms with Crippen molar-refractivity contribution in [2.24, 2.45) is 5.84 Å². The number of hydrazine groups is 1. The summed E-state index contributed by atoms with van der Waals surface area (Å²) in [5.74, 6) is 6.06. The molecule has 120 valence electrons. The lowest BCUT2D eigenvalue weighted by molar-refractivity contribution is 0.0594. The monoisotopic (exact) mass is 305 g/mol. The average Bonchev–Trinajstić information content (AvgIpc) is 2.85. The number of hydrogen-bond acceptors (Lipinski definition) is 5. The molecule has 3 N–H and O–H groups in total. The van der Waals surface area contributed by atoms with E-state index >= 15 is 0 Å². The van der Waals surface area contributed by atoms with Crippen LogP contribution in [0.4, 0.5) is 0 Å². The van der Waals surface area contributed by atoms with Gasteiger partial charge in [-0.25, -0.2) is 8.42 Å². The Bertz CT molecular complexity index is 374. The van der Waals surface area contributed by atoms with Crippen LogP contribution in [0.15, 0.2) is 0 Å². The van der Waals surface area contributed by atoms with E-state index < -0.39 is 9.84 Å². The molecule has 1 atom stereocenters. The fraction of sp³-hybridized carbons (Fsp3) is 1.00. The Morgan fingerprint density at radius 3 is 2.20 bits per heavy atom. The summed E-state index contributed by atoms with van der Waals surface area (Å²) in [5, 5.41) is 0. The number of nitrogens with zero attached hydrogens (tertiary/aromatic N) is 1. The minimum absolute atomic E-state index is 0.107. The molecule has 0 radical (unpaired) electrons. The summed E-state index contributed by atoms with van der Waals surface area (Å²) >= 11 is 0. The molecule has 6 heteroatoms. The van der Waals surface area contributed by atoms with Crippen LogP contribution in [0.5, 0.6) is 0 Å².